The van der Waals surface area contributed by atoms with Gasteiger partial charge in [-0.15, -0.1) is 0 Å². The largest absolute Gasteiger partial charge is 0.780 e. The third-order valence-electron chi connectivity index (χ3n) is 20.4. The van der Waals surface area contributed by atoms with Gasteiger partial charge in [0.1, 0.15) is 86.0 Å². The Balaban J connectivity index is 0.000000223. The summed E-state index contributed by atoms with van der Waals surface area (Å²) in [5, 5.41) is 0. The number of H-pyrrole nitrogens is 2. The minimum atomic E-state index is -4.54. The Labute approximate surface area is 704 Å². The molecule has 4 unspecified atom stereocenters. The maximum atomic E-state index is 16.0. The van der Waals surface area contributed by atoms with Crippen molar-refractivity contribution in [3.63, 3.8) is 0 Å². The number of halogens is 4. The Kier molecular flexibility index (Phi) is 36.5. The van der Waals surface area contributed by atoms with Gasteiger partial charge in [-0.05, 0) is 94.9 Å². The highest BCUT2D eigenvalue weighted by Crippen LogP contribution is 2.59. The molecule has 14 rings (SSSR count). The van der Waals surface area contributed by atoms with Crippen LogP contribution in [-0.2, 0) is 95.1 Å². The van der Waals surface area contributed by atoms with Crippen molar-refractivity contribution < 1.29 is 112 Å². The lowest BCUT2D eigenvalue weighted by atomic mass is 10.1. The van der Waals surface area contributed by atoms with Crippen molar-refractivity contribution >= 4 is 143 Å². The summed E-state index contributed by atoms with van der Waals surface area (Å²) >= 11 is 19.1. The van der Waals surface area contributed by atoms with Gasteiger partial charge in [0.2, 0.25) is 11.9 Å². The number of quaternary nitrogens is 4. The van der Waals surface area contributed by atoms with Gasteiger partial charge in [0.05, 0.1) is 130 Å². The average molecular weight is 1840 g/mol. The van der Waals surface area contributed by atoms with Crippen molar-refractivity contribution in [3.8, 4) is 0 Å². The van der Waals surface area contributed by atoms with Crippen LogP contribution in [-0.4, -0.2) is 261 Å². The van der Waals surface area contributed by atoms with Crippen molar-refractivity contribution in [2.75, 3.05) is 128 Å². The van der Waals surface area contributed by atoms with Crippen molar-refractivity contribution in [3.05, 3.63) is 58.7 Å². The number of nitrogens with two attached hydrogens (primary N) is 4. The Hall–Kier alpha value is -5.51. The van der Waals surface area contributed by atoms with Crippen molar-refractivity contribution in [1.29, 1.82) is 0 Å². The maximum absolute atomic E-state index is 16.0. The molecule has 15 N–H and O–H groups in total. The molecule has 20 atom stereocenters. The number of nitrogen functional groups attached to an aromatic ring is 4. The molecule has 54 heteroatoms. The van der Waals surface area contributed by atoms with E-state index in [0.717, 1.165) is 34.4 Å². The van der Waals surface area contributed by atoms with Crippen LogP contribution in [0.2, 0.25) is 0 Å². The summed E-state index contributed by atoms with van der Waals surface area (Å²) in [5.74, 6) is -0.467. The van der Waals surface area contributed by atoms with Gasteiger partial charge in [-0.3, -0.25) is 51.4 Å². The highest BCUT2D eigenvalue weighted by Gasteiger charge is 2.56. The highest BCUT2D eigenvalue weighted by molar-refractivity contribution is 8.44. The smallest absolute Gasteiger partial charge is 0.386 e. The van der Waals surface area contributed by atoms with Crippen molar-refractivity contribution in [2.45, 2.75) is 189 Å². The molecular weight excluding hydrogens is 1730 g/mol. The van der Waals surface area contributed by atoms with E-state index in [0.29, 0.717) is 0 Å². The molecule has 0 saturated carbocycles. The molecule has 42 nitrogen and oxygen atoms in total. The van der Waals surface area contributed by atoms with Crippen LogP contribution in [0, 0.1) is 0 Å². The zero-order valence-electron chi connectivity index (χ0n) is 66.9. The predicted octanol–water partition coefficient (Wildman–Crippen LogP) is -0.391. The van der Waals surface area contributed by atoms with Gasteiger partial charge in [0.25, 0.3) is 11.1 Å². The fourth-order valence-corrected chi connectivity index (χ4v) is 19.2. The molecule has 6 aliphatic heterocycles. The molecular formula is C65H110F4N24O18P4S4+2. The summed E-state index contributed by atoms with van der Waals surface area (Å²) in [6, 6.07) is 0. The number of anilines is 4. The van der Waals surface area contributed by atoms with E-state index in [1.165, 1.54) is 100 Å². The first-order chi connectivity index (χ1) is 56.0. The third kappa shape index (κ3) is 24.1. The Morgan fingerprint density at radius 3 is 1.02 bits per heavy atom. The van der Waals surface area contributed by atoms with Crippen LogP contribution in [0.3, 0.4) is 0 Å². The topological polar surface area (TPSA) is 530 Å². The zero-order chi connectivity index (χ0) is 86.5. The van der Waals surface area contributed by atoms with Crippen molar-refractivity contribution in [1.82, 2.24) is 78.1 Å². The molecule has 6 fully saturated rings. The summed E-state index contributed by atoms with van der Waals surface area (Å²) in [7, 11) is 0. The molecule has 0 spiro atoms. The Morgan fingerprint density at radius 1 is 0.445 bits per heavy atom. The summed E-state index contributed by atoms with van der Waals surface area (Å²) in [5.41, 5.74) is 21.6. The summed E-state index contributed by atoms with van der Waals surface area (Å²) < 4.78 is 148. The number of nitrogens with one attached hydrogen (secondary N) is 6. The second-order valence-electron chi connectivity index (χ2n) is 27.3. The first-order valence-electron chi connectivity index (χ1n) is 38.4. The van der Waals surface area contributed by atoms with Crippen LogP contribution >= 0.6 is 39.2 Å². The first kappa shape index (κ1) is 98.9. The van der Waals surface area contributed by atoms with Crippen LogP contribution in [0.25, 0.3) is 44.7 Å². The van der Waals surface area contributed by atoms with Gasteiger partial charge in [-0.25, -0.2) is 62.0 Å². The number of aromatic amines is 2. The molecule has 0 aromatic carbocycles. The number of alkyl halides is 4. The summed E-state index contributed by atoms with van der Waals surface area (Å²) in [6.07, 6.45) is -19.9. The number of nitrogens with zero attached hydrogens (tertiary/aromatic N) is 14. The lowest BCUT2D eigenvalue weighted by Gasteiger charge is -2.35. The van der Waals surface area contributed by atoms with E-state index in [-0.39, 0.29) is 75.6 Å². The highest BCUT2D eigenvalue weighted by atomic mass is 32.7. The molecule has 6 aliphatic rings. The van der Waals surface area contributed by atoms with Gasteiger partial charge in [0.15, 0.2) is 94.9 Å². The number of ether oxygens (including phenoxy) is 4. The van der Waals surface area contributed by atoms with Gasteiger partial charge in [-0.1, -0.05) is 43.3 Å². The van der Waals surface area contributed by atoms with E-state index >= 15 is 17.6 Å². The van der Waals surface area contributed by atoms with Gasteiger partial charge in [0, 0.05) is 0 Å². The Bertz CT molecular complexity index is 4590. The van der Waals surface area contributed by atoms with E-state index in [2.05, 4.69) is 155 Å². The summed E-state index contributed by atoms with van der Waals surface area (Å²) in [4.78, 5) is 113. The minimum Gasteiger partial charge on any atom is -0.780 e. The number of aromatic nitrogens is 16. The number of hydrogen-bond donors (Lipinski definition) is 12. The second-order valence-corrected chi connectivity index (χ2v) is 38.4. The van der Waals surface area contributed by atoms with Gasteiger partial charge >= 0.3 is 13.5 Å². The molecule has 0 radical (unpaired) electrons. The standard InChI is InChI=1S/2C20H22F2N10O9P2S2.4C6H15N.CH4/c2*21-8-12-6(38-18(8)31-4-27-10-14(23)25-3-26-15(10)31)1-36-43(35,45)41-13-7(2-37-42(34,44)40-12)39-19(9(13)22)32-5-28-11-16(32)29-20(24)30-17(11)33;4*1-4-7(5-2)6-3;/h2*3-9,12-13,18-19H,1-2H2,(H,34,44)(H,35,45)(H2,23,25,26)(H3,24,29,30,33);4*4-6H2,1-3H3;1H4/p+2/t2*6-,7-,8-,9-,12-,13-,18-,19-,42?,43?;;;;;/m11...../s1. The van der Waals surface area contributed by atoms with E-state index in [1.807, 2.05) is 0 Å². The number of thiol groups is 1. The predicted molar refractivity (Wildman–Crippen MR) is 442 cm³/mol. The fourth-order valence-electron chi connectivity index (χ4n) is 13.5. The molecule has 119 heavy (non-hydrogen) atoms. The van der Waals surface area contributed by atoms with Crippen LogP contribution in [0.15, 0.2) is 47.6 Å². The number of rotatable bonds is 16. The monoisotopic (exact) mass is 1840 g/mol. The normalized spacial score (nSPS) is 30.9. The number of hydrogen-bond acceptors (Lipinski definition) is 34. The number of imidazole rings is 4. The maximum Gasteiger partial charge on any atom is 0.386 e. The summed E-state index contributed by atoms with van der Waals surface area (Å²) in [6.45, 7) is 21.3. The molecule has 6 saturated heterocycles. The van der Waals surface area contributed by atoms with Crippen LogP contribution in [0.4, 0.5) is 41.1 Å². The van der Waals surface area contributed by atoms with Crippen molar-refractivity contribution in [2.24, 2.45) is 0 Å². The molecule has 8 aromatic rings. The molecule has 14 heterocycles. The van der Waals surface area contributed by atoms with E-state index in [9.17, 15) is 28.8 Å². The lowest BCUT2D eigenvalue weighted by Crippen LogP contribution is -3.11. The van der Waals surface area contributed by atoms with E-state index < -0.39 is 163 Å². The zero-order valence-corrected chi connectivity index (χ0v) is 73.9. The van der Waals surface area contributed by atoms with Crippen LogP contribution in [0.1, 0.15) is 115 Å². The minimum absolute atomic E-state index is 0. The van der Waals surface area contributed by atoms with Crippen LogP contribution in [0.5, 0.6) is 0 Å². The van der Waals surface area contributed by atoms with E-state index in [1.54, 1.807) is 19.6 Å². The first-order valence-corrected chi connectivity index (χ1v) is 48.8. The fraction of sp³-hybridized carbons (Fsp3) is 0.692. The Morgan fingerprint density at radius 2 is 0.714 bits per heavy atom. The lowest BCUT2D eigenvalue weighted by molar-refractivity contribution is -0.894. The molecule has 8 aromatic heterocycles. The van der Waals surface area contributed by atoms with Gasteiger partial charge in [-0.2, -0.15) is 9.97 Å². The molecule has 0 bridgehead atoms. The van der Waals surface area contributed by atoms with E-state index in [4.69, 9.17) is 113 Å². The number of fused-ring (bicyclic) bond motifs is 8. The quantitative estimate of drug-likeness (QED) is 0.0333. The molecule has 0 aliphatic carbocycles. The average Bonchev–Trinajstić information content (AvgIpc) is 1.62. The van der Waals surface area contributed by atoms with Crippen LogP contribution < -0.4 is 63.4 Å². The SMILES string of the molecule is C.CC[NH+](CC)CC.CC[NH+](CC)CC.CC[NH+](CC)CC.CC[NH+](CC)CC.Nc1nc2c(ncn2[C@@H]2O[C@@H]3COP([O-])(=S)O[C@H]4[C@@H](F)[C@H](n5cnc6c(N)ncnc65)O[C@@H]4COP(=O)(S)O[C@H]3[C@H]2F)c(=O)[nH]1.Nc1nc2c(ncn2[C@@H]2O[C@@H]3COP([O-])(=S)O[C@H]4[C@@H](F)[C@H](n5cnc6c(N)ncnc65)O[C@@H]4COP(O)(=S)O[C@H]3[C@H]2F)c(=O)[nH]1. The second kappa shape index (κ2) is 43.9. The molecule has 668 valence electrons. The molecule has 0 amide bonds. The van der Waals surface area contributed by atoms with Gasteiger partial charge < -0.3 is 98.8 Å². The third-order valence-corrected chi connectivity index (χ3v) is 26.7.